The Balaban J connectivity index is 2.53. The van der Waals surface area contributed by atoms with E-state index >= 15 is 0 Å². The monoisotopic (exact) mass is 304 g/mol. The van der Waals surface area contributed by atoms with Gasteiger partial charge in [0.1, 0.15) is 0 Å². The zero-order chi connectivity index (χ0) is 12.3. The van der Waals surface area contributed by atoms with E-state index in [2.05, 4.69) is 34.2 Å². The molecule has 0 aliphatic heterocycles. The Bertz CT molecular complexity index is 368. The summed E-state index contributed by atoms with van der Waals surface area (Å²) in [5.74, 6) is -0.277. The summed E-state index contributed by atoms with van der Waals surface area (Å²) in [6.07, 6.45) is 0.346. The van der Waals surface area contributed by atoms with E-state index in [4.69, 9.17) is 5.73 Å². The van der Waals surface area contributed by atoms with Crippen molar-refractivity contribution in [1.82, 2.24) is 5.32 Å². The second kappa shape index (κ2) is 5.29. The first-order valence-electron chi connectivity index (χ1n) is 5.08. The number of halogens is 1. The second-order valence-electron chi connectivity index (χ2n) is 4.50. The zero-order valence-corrected chi connectivity index (χ0v) is 12.2. The van der Waals surface area contributed by atoms with Crippen LogP contribution in [0.5, 0.6) is 0 Å². The molecule has 1 heterocycles. The van der Waals surface area contributed by atoms with E-state index in [0.29, 0.717) is 6.42 Å². The normalized spacial score (nSPS) is 11.8. The minimum absolute atomic E-state index is 0.254. The van der Waals surface area contributed by atoms with Crippen LogP contribution in [0.25, 0.3) is 0 Å². The fraction of sp³-hybridized carbons (Fsp3) is 0.545. The quantitative estimate of drug-likeness (QED) is 0.878. The van der Waals surface area contributed by atoms with Gasteiger partial charge in [0.15, 0.2) is 0 Å². The van der Waals surface area contributed by atoms with Crippen molar-refractivity contribution in [2.24, 2.45) is 5.73 Å². The van der Waals surface area contributed by atoms with Crippen molar-refractivity contribution in [3.05, 3.63) is 20.3 Å². The van der Waals surface area contributed by atoms with E-state index in [-0.39, 0.29) is 11.4 Å². The van der Waals surface area contributed by atoms with Gasteiger partial charge >= 0.3 is 0 Å². The number of hydrogen-bond acceptors (Lipinski definition) is 3. The molecular formula is C11H17BrN2OS. The number of thiophene rings is 1. The van der Waals surface area contributed by atoms with E-state index in [0.717, 1.165) is 11.0 Å². The van der Waals surface area contributed by atoms with Gasteiger partial charge in [0.05, 0.1) is 0 Å². The van der Waals surface area contributed by atoms with Crippen LogP contribution in [0.2, 0.25) is 0 Å². The van der Waals surface area contributed by atoms with Crippen molar-refractivity contribution in [3.63, 3.8) is 0 Å². The number of carbonyl (C=O) groups is 1. The maximum atomic E-state index is 10.9. The number of aryl methyl sites for hydroxylation is 1. The molecule has 0 saturated heterocycles. The topological polar surface area (TPSA) is 55.1 Å². The average molecular weight is 305 g/mol. The summed E-state index contributed by atoms with van der Waals surface area (Å²) < 4.78 is 1.14. The van der Waals surface area contributed by atoms with E-state index in [1.54, 1.807) is 11.3 Å². The van der Waals surface area contributed by atoms with Crippen molar-refractivity contribution >= 4 is 33.2 Å². The lowest BCUT2D eigenvalue weighted by Crippen LogP contribution is -2.42. The third-order valence-electron chi connectivity index (χ3n) is 2.27. The van der Waals surface area contributed by atoms with Crippen LogP contribution in [0.4, 0.5) is 0 Å². The molecule has 1 aromatic heterocycles. The minimum Gasteiger partial charge on any atom is -0.370 e. The number of primary amides is 1. The summed E-state index contributed by atoms with van der Waals surface area (Å²) in [6.45, 7) is 6.80. The molecule has 1 amide bonds. The molecule has 5 heteroatoms. The molecule has 0 aromatic carbocycles. The van der Waals surface area contributed by atoms with Crippen LogP contribution in [0.15, 0.2) is 10.5 Å². The first kappa shape index (κ1) is 13.7. The molecule has 0 atom stereocenters. The van der Waals surface area contributed by atoms with Gasteiger partial charge in [-0.05, 0) is 42.8 Å². The Morgan fingerprint density at radius 2 is 2.25 bits per heavy atom. The van der Waals surface area contributed by atoms with Crippen LogP contribution < -0.4 is 11.1 Å². The maximum absolute atomic E-state index is 10.9. The molecule has 90 valence electrons. The maximum Gasteiger partial charge on any atom is 0.219 e. The van der Waals surface area contributed by atoms with Gasteiger partial charge in [0.2, 0.25) is 5.91 Å². The zero-order valence-electron chi connectivity index (χ0n) is 9.76. The van der Waals surface area contributed by atoms with Gasteiger partial charge in [-0.3, -0.25) is 4.79 Å². The van der Waals surface area contributed by atoms with Crippen LogP contribution in [-0.4, -0.2) is 11.4 Å². The molecule has 0 aliphatic rings. The average Bonchev–Trinajstić information content (AvgIpc) is 2.41. The molecule has 1 rings (SSSR count). The molecule has 16 heavy (non-hydrogen) atoms. The third-order valence-corrected chi connectivity index (χ3v) is 4.40. The van der Waals surface area contributed by atoms with E-state index < -0.39 is 0 Å². The summed E-state index contributed by atoms with van der Waals surface area (Å²) in [4.78, 5) is 13.4. The molecule has 1 aromatic rings. The minimum atomic E-state index is -0.277. The molecular weight excluding hydrogens is 288 g/mol. The van der Waals surface area contributed by atoms with E-state index in [1.807, 2.05) is 13.8 Å². The lowest BCUT2D eigenvalue weighted by molar-refractivity contribution is -0.119. The summed E-state index contributed by atoms with van der Waals surface area (Å²) in [7, 11) is 0. The smallest absolute Gasteiger partial charge is 0.219 e. The van der Waals surface area contributed by atoms with Gasteiger partial charge in [0.25, 0.3) is 0 Å². The predicted octanol–water partition coefficient (Wildman–Crippen LogP) is 2.56. The number of nitrogens with two attached hydrogens (primary N) is 1. The summed E-state index contributed by atoms with van der Waals surface area (Å²) in [6, 6.07) is 2.10. The van der Waals surface area contributed by atoms with Crippen molar-refractivity contribution < 1.29 is 4.79 Å². The van der Waals surface area contributed by atoms with Crippen LogP contribution in [0, 0.1) is 6.92 Å². The van der Waals surface area contributed by atoms with Gasteiger partial charge in [0, 0.05) is 32.7 Å². The highest BCUT2D eigenvalue weighted by Gasteiger charge is 2.19. The molecule has 0 spiro atoms. The highest BCUT2D eigenvalue weighted by atomic mass is 79.9. The van der Waals surface area contributed by atoms with Crippen molar-refractivity contribution in [1.29, 1.82) is 0 Å². The number of hydrogen-bond donors (Lipinski definition) is 2. The third kappa shape index (κ3) is 4.23. The van der Waals surface area contributed by atoms with Crippen molar-refractivity contribution in [2.75, 3.05) is 0 Å². The van der Waals surface area contributed by atoms with Crippen molar-refractivity contribution in [2.45, 2.75) is 39.3 Å². The lowest BCUT2D eigenvalue weighted by atomic mass is 10.0. The SMILES string of the molecule is Cc1sc(CNC(C)(C)CC(N)=O)cc1Br. The van der Waals surface area contributed by atoms with E-state index in [9.17, 15) is 4.79 Å². The molecule has 3 N–H and O–H groups in total. The number of nitrogens with one attached hydrogen (secondary N) is 1. The van der Waals surface area contributed by atoms with Gasteiger partial charge in [-0.1, -0.05) is 0 Å². The Kier molecular flexibility index (Phi) is 4.52. The molecule has 0 radical (unpaired) electrons. The van der Waals surface area contributed by atoms with Crippen LogP contribution in [0.1, 0.15) is 30.0 Å². The van der Waals surface area contributed by atoms with Gasteiger partial charge in [-0.15, -0.1) is 11.3 Å². The Morgan fingerprint density at radius 3 is 2.69 bits per heavy atom. The van der Waals surface area contributed by atoms with Crippen LogP contribution >= 0.6 is 27.3 Å². The Morgan fingerprint density at radius 1 is 1.62 bits per heavy atom. The highest BCUT2D eigenvalue weighted by molar-refractivity contribution is 9.10. The summed E-state index contributed by atoms with van der Waals surface area (Å²) >= 11 is 5.23. The van der Waals surface area contributed by atoms with Gasteiger partial charge in [-0.25, -0.2) is 0 Å². The molecule has 0 fully saturated rings. The summed E-state index contributed by atoms with van der Waals surface area (Å²) in [5.41, 5.74) is 4.94. The Labute approximate surface area is 109 Å². The highest BCUT2D eigenvalue weighted by Crippen LogP contribution is 2.26. The lowest BCUT2D eigenvalue weighted by Gasteiger charge is -2.24. The Hall–Kier alpha value is -0.390. The first-order chi connectivity index (χ1) is 7.30. The second-order valence-corrected chi connectivity index (χ2v) is 6.69. The van der Waals surface area contributed by atoms with E-state index in [1.165, 1.54) is 9.75 Å². The van der Waals surface area contributed by atoms with Crippen LogP contribution in [0.3, 0.4) is 0 Å². The largest absolute Gasteiger partial charge is 0.370 e. The molecule has 3 nitrogen and oxygen atoms in total. The predicted molar refractivity (Wildman–Crippen MR) is 71.5 cm³/mol. The standard InChI is InChI=1S/C11H17BrN2OS/c1-7-9(12)4-8(16-7)6-14-11(2,3)5-10(13)15/h4,14H,5-6H2,1-3H3,(H2,13,15). The molecule has 0 saturated carbocycles. The summed E-state index contributed by atoms with van der Waals surface area (Å²) in [5, 5.41) is 3.34. The molecule has 0 unspecified atom stereocenters. The molecule has 0 bridgehead atoms. The van der Waals surface area contributed by atoms with Crippen molar-refractivity contribution in [3.8, 4) is 0 Å². The number of carbonyl (C=O) groups excluding carboxylic acids is 1. The fourth-order valence-corrected chi connectivity index (χ4v) is 2.97. The van der Waals surface area contributed by atoms with Crippen LogP contribution in [-0.2, 0) is 11.3 Å². The van der Waals surface area contributed by atoms with Gasteiger partial charge < -0.3 is 11.1 Å². The fourth-order valence-electron chi connectivity index (χ4n) is 1.43. The number of rotatable bonds is 5. The molecule has 0 aliphatic carbocycles. The van der Waals surface area contributed by atoms with Gasteiger partial charge in [-0.2, -0.15) is 0 Å². The number of amides is 1. The first-order valence-corrected chi connectivity index (χ1v) is 6.69.